The molecular formula is C7H11IO2. The third-order valence-electron chi connectivity index (χ3n) is 2.65. The average molecular weight is 254 g/mol. The molecule has 3 rings (SSSR count). The summed E-state index contributed by atoms with van der Waals surface area (Å²) in [6.45, 7) is 1.09. The van der Waals surface area contributed by atoms with Crippen LogP contribution in [-0.4, -0.2) is 28.3 Å². The summed E-state index contributed by atoms with van der Waals surface area (Å²) in [6, 6.07) is 0. The Morgan fingerprint density at radius 1 is 1.50 bits per heavy atom. The second kappa shape index (κ2) is 2.08. The first kappa shape index (κ1) is 7.31. The minimum absolute atomic E-state index is 0.106. The molecule has 2 bridgehead atoms. The fourth-order valence-corrected chi connectivity index (χ4v) is 2.88. The van der Waals surface area contributed by atoms with Gasteiger partial charge in [0.25, 0.3) is 0 Å². The van der Waals surface area contributed by atoms with Crippen molar-refractivity contribution in [1.82, 2.24) is 0 Å². The number of ether oxygens (including phenoxy) is 1. The summed E-state index contributed by atoms with van der Waals surface area (Å²) in [5.41, 5.74) is 0.342. The van der Waals surface area contributed by atoms with Gasteiger partial charge >= 0.3 is 0 Å². The van der Waals surface area contributed by atoms with Crippen LogP contribution in [0.3, 0.4) is 0 Å². The third kappa shape index (κ3) is 0.769. The molecule has 1 saturated carbocycles. The number of rotatable bonds is 2. The van der Waals surface area contributed by atoms with Gasteiger partial charge in [0, 0.05) is 9.84 Å². The number of hydrogen-bond donors (Lipinski definition) is 1. The van der Waals surface area contributed by atoms with E-state index in [0.29, 0.717) is 5.41 Å². The second-order valence-corrected chi connectivity index (χ2v) is 4.38. The molecule has 0 unspecified atom stereocenters. The Morgan fingerprint density at radius 2 is 2.20 bits per heavy atom. The SMILES string of the molecule is OCC12CC(CI)(CO1)C2. The molecule has 2 saturated heterocycles. The summed E-state index contributed by atoms with van der Waals surface area (Å²) >= 11 is 2.41. The van der Waals surface area contributed by atoms with Crippen LogP contribution in [0.15, 0.2) is 0 Å². The lowest BCUT2D eigenvalue weighted by Crippen LogP contribution is -2.47. The van der Waals surface area contributed by atoms with Crippen LogP contribution in [0.25, 0.3) is 0 Å². The molecule has 2 aliphatic heterocycles. The Bertz CT molecular complexity index is 136. The summed E-state index contributed by atoms with van der Waals surface area (Å²) in [7, 11) is 0. The van der Waals surface area contributed by atoms with Gasteiger partial charge in [-0.15, -0.1) is 0 Å². The topological polar surface area (TPSA) is 29.5 Å². The molecule has 1 N–H and O–H groups in total. The lowest BCUT2D eigenvalue weighted by molar-refractivity contribution is -0.0541. The largest absolute Gasteiger partial charge is 0.393 e. The molecule has 2 heterocycles. The van der Waals surface area contributed by atoms with Gasteiger partial charge in [0.2, 0.25) is 0 Å². The molecule has 0 amide bonds. The van der Waals surface area contributed by atoms with Crippen molar-refractivity contribution in [2.75, 3.05) is 17.6 Å². The fraction of sp³-hybridized carbons (Fsp3) is 1.00. The van der Waals surface area contributed by atoms with Crippen LogP contribution in [0.2, 0.25) is 0 Å². The van der Waals surface area contributed by atoms with E-state index >= 15 is 0 Å². The molecule has 0 atom stereocenters. The highest BCUT2D eigenvalue weighted by Crippen LogP contribution is 2.58. The van der Waals surface area contributed by atoms with Crippen LogP contribution < -0.4 is 0 Å². The Labute approximate surface area is 74.1 Å². The predicted molar refractivity (Wildman–Crippen MR) is 46.3 cm³/mol. The quantitative estimate of drug-likeness (QED) is 0.587. The predicted octanol–water partition coefficient (Wildman–Crippen LogP) is 0.963. The van der Waals surface area contributed by atoms with Crippen LogP contribution >= 0.6 is 22.6 Å². The zero-order chi connectivity index (χ0) is 7.24. The molecule has 0 aromatic carbocycles. The third-order valence-corrected chi connectivity index (χ3v) is 4.27. The van der Waals surface area contributed by atoms with E-state index in [4.69, 9.17) is 9.84 Å². The van der Waals surface area contributed by atoms with E-state index < -0.39 is 0 Å². The van der Waals surface area contributed by atoms with Gasteiger partial charge in [-0.1, -0.05) is 22.6 Å². The molecule has 0 aromatic rings. The molecule has 3 aliphatic rings. The number of fused-ring (bicyclic) bond motifs is 1. The first-order chi connectivity index (χ1) is 4.74. The molecule has 2 nitrogen and oxygen atoms in total. The smallest absolute Gasteiger partial charge is 0.0925 e. The molecule has 3 heteroatoms. The molecule has 3 fully saturated rings. The molecule has 1 aliphatic carbocycles. The summed E-state index contributed by atoms with van der Waals surface area (Å²) in [4.78, 5) is 0. The molecule has 0 radical (unpaired) electrons. The highest BCUT2D eigenvalue weighted by Gasteiger charge is 2.61. The first-order valence-electron chi connectivity index (χ1n) is 3.55. The average Bonchev–Trinajstić information content (AvgIpc) is 2.40. The number of hydrogen-bond acceptors (Lipinski definition) is 2. The fourth-order valence-electron chi connectivity index (χ4n) is 2.12. The van der Waals surface area contributed by atoms with Crippen LogP contribution in [-0.2, 0) is 4.74 Å². The van der Waals surface area contributed by atoms with E-state index in [-0.39, 0.29) is 12.2 Å². The van der Waals surface area contributed by atoms with Crippen LogP contribution in [0.4, 0.5) is 0 Å². The van der Waals surface area contributed by atoms with E-state index in [1.165, 1.54) is 4.43 Å². The van der Waals surface area contributed by atoms with Crippen molar-refractivity contribution < 1.29 is 9.84 Å². The second-order valence-electron chi connectivity index (χ2n) is 3.62. The van der Waals surface area contributed by atoms with Gasteiger partial charge in [-0.3, -0.25) is 0 Å². The summed E-state index contributed by atoms with van der Waals surface area (Å²) in [5.74, 6) is 0. The maximum Gasteiger partial charge on any atom is 0.0925 e. The van der Waals surface area contributed by atoms with Crippen molar-refractivity contribution in [3.05, 3.63) is 0 Å². The lowest BCUT2D eigenvalue weighted by atomic mass is 9.64. The summed E-state index contributed by atoms with van der Waals surface area (Å²) in [6.07, 6.45) is 2.17. The first-order valence-corrected chi connectivity index (χ1v) is 5.08. The van der Waals surface area contributed by atoms with Crippen LogP contribution in [0, 0.1) is 5.41 Å². The highest BCUT2D eigenvalue weighted by atomic mass is 127. The number of aliphatic hydroxyl groups excluding tert-OH is 1. The van der Waals surface area contributed by atoms with Crippen molar-refractivity contribution >= 4 is 22.6 Å². The lowest BCUT2D eigenvalue weighted by Gasteiger charge is -2.42. The summed E-state index contributed by atoms with van der Waals surface area (Å²) in [5, 5.41) is 8.95. The standard InChI is InChI=1S/C7H11IO2/c8-3-6-1-7(2-6,4-9)10-5-6/h9H,1-5H2. The van der Waals surface area contributed by atoms with Gasteiger partial charge in [-0.2, -0.15) is 0 Å². The van der Waals surface area contributed by atoms with Crippen molar-refractivity contribution in [3.63, 3.8) is 0 Å². The minimum Gasteiger partial charge on any atom is -0.393 e. The van der Waals surface area contributed by atoms with Gasteiger partial charge in [0.15, 0.2) is 0 Å². The van der Waals surface area contributed by atoms with Gasteiger partial charge in [-0.25, -0.2) is 0 Å². The van der Waals surface area contributed by atoms with Gasteiger partial charge < -0.3 is 9.84 Å². The van der Waals surface area contributed by atoms with Gasteiger partial charge in [0.05, 0.1) is 18.8 Å². The van der Waals surface area contributed by atoms with E-state index in [9.17, 15) is 0 Å². The number of aliphatic hydroxyl groups is 1. The zero-order valence-electron chi connectivity index (χ0n) is 5.77. The Morgan fingerprint density at radius 3 is 2.50 bits per heavy atom. The van der Waals surface area contributed by atoms with E-state index in [2.05, 4.69) is 22.6 Å². The summed E-state index contributed by atoms with van der Waals surface area (Å²) < 4.78 is 6.68. The van der Waals surface area contributed by atoms with E-state index in [1.807, 2.05) is 0 Å². The monoisotopic (exact) mass is 254 g/mol. The van der Waals surface area contributed by atoms with E-state index in [0.717, 1.165) is 19.4 Å². The van der Waals surface area contributed by atoms with Crippen LogP contribution in [0.1, 0.15) is 12.8 Å². The number of alkyl halides is 1. The Hall–Kier alpha value is 0.650. The van der Waals surface area contributed by atoms with Crippen molar-refractivity contribution in [1.29, 1.82) is 0 Å². The molecule has 0 spiro atoms. The maximum absolute atomic E-state index is 8.95. The van der Waals surface area contributed by atoms with Crippen molar-refractivity contribution in [3.8, 4) is 0 Å². The molecule has 58 valence electrons. The Balaban J connectivity index is 2.06. The molecule has 0 aromatic heterocycles. The zero-order valence-corrected chi connectivity index (χ0v) is 7.93. The Kier molecular flexibility index (Phi) is 1.52. The maximum atomic E-state index is 8.95. The van der Waals surface area contributed by atoms with Gasteiger partial charge in [-0.05, 0) is 12.8 Å². The normalized spacial score (nSPS) is 51.0. The molecule has 10 heavy (non-hydrogen) atoms. The number of halogens is 1. The van der Waals surface area contributed by atoms with Crippen molar-refractivity contribution in [2.45, 2.75) is 18.4 Å². The minimum atomic E-state index is -0.106. The van der Waals surface area contributed by atoms with E-state index in [1.54, 1.807) is 0 Å². The highest BCUT2D eigenvalue weighted by molar-refractivity contribution is 14.1. The van der Waals surface area contributed by atoms with Gasteiger partial charge in [0.1, 0.15) is 0 Å². The molecular weight excluding hydrogens is 243 g/mol. The van der Waals surface area contributed by atoms with Crippen LogP contribution in [0.5, 0.6) is 0 Å². The van der Waals surface area contributed by atoms with Crippen molar-refractivity contribution in [2.24, 2.45) is 5.41 Å².